The predicted molar refractivity (Wildman–Crippen MR) is 151 cm³/mol. The van der Waals surface area contributed by atoms with Crippen molar-refractivity contribution >= 4 is 17.0 Å². The lowest BCUT2D eigenvalue weighted by molar-refractivity contribution is -0.148. The SMILES string of the molecule is [C-]#[N+]C[C@H](C1CCCC1)n1cc(-c2ncnc3c2ccn3COC(=O)C(C)c2ccc(CC(C)C)cc2)cn1. The van der Waals surface area contributed by atoms with E-state index in [1.165, 1.54) is 24.7 Å². The van der Waals surface area contributed by atoms with Crippen molar-refractivity contribution < 1.29 is 9.53 Å². The van der Waals surface area contributed by atoms with E-state index in [9.17, 15) is 4.79 Å². The second-order valence-corrected chi connectivity index (χ2v) is 11.1. The first-order valence-electron chi connectivity index (χ1n) is 13.9. The molecule has 1 saturated carbocycles. The Kier molecular flexibility index (Phi) is 8.06. The first kappa shape index (κ1) is 26.6. The third kappa shape index (κ3) is 5.88. The molecule has 4 aromatic rings. The Morgan fingerprint density at radius 1 is 1.13 bits per heavy atom. The fourth-order valence-corrected chi connectivity index (χ4v) is 5.67. The Hall–Kier alpha value is -3.99. The third-order valence-corrected chi connectivity index (χ3v) is 7.82. The minimum absolute atomic E-state index is 0.0720. The minimum Gasteiger partial charge on any atom is -0.443 e. The summed E-state index contributed by atoms with van der Waals surface area (Å²) < 4.78 is 9.46. The molecule has 0 spiro atoms. The highest BCUT2D eigenvalue weighted by molar-refractivity contribution is 5.90. The van der Waals surface area contributed by atoms with Gasteiger partial charge in [0.2, 0.25) is 6.54 Å². The summed E-state index contributed by atoms with van der Waals surface area (Å²) in [6, 6.07) is 10.3. The van der Waals surface area contributed by atoms with Crippen molar-refractivity contribution in [2.75, 3.05) is 6.54 Å². The van der Waals surface area contributed by atoms with Gasteiger partial charge in [-0.3, -0.25) is 14.0 Å². The summed E-state index contributed by atoms with van der Waals surface area (Å²) in [5.41, 5.74) is 4.58. The zero-order valence-corrected chi connectivity index (χ0v) is 23.0. The molecule has 1 unspecified atom stereocenters. The van der Waals surface area contributed by atoms with Crippen LogP contribution in [0.4, 0.5) is 0 Å². The van der Waals surface area contributed by atoms with E-state index in [0.29, 0.717) is 24.0 Å². The topological polar surface area (TPSA) is 79.2 Å². The van der Waals surface area contributed by atoms with Gasteiger partial charge in [0, 0.05) is 23.3 Å². The number of fused-ring (bicyclic) bond motifs is 1. The molecule has 0 radical (unpaired) electrons. The summed E-state index contributed by atoms with van der Waals surface area (Å²) in [5, 5.41) is 5.50. The van der Waals surface area contributed by atoms with E-state index >= 15 is 0 Å². The number of nitrogens with zero attached hydrogens (tertiary/aromatic N) is 6. The number of benzene rings is 1. The summed E-state index contributed by atoms with van der Waals surface area (Å²) >= 11 is 0. The highest BCUT2D eigenvalue weighted by Gasteiger charge is 2.29. The van der Waals surface area contributed by atoms with Gasteiger partial charge in [-0.05, 0) is 55.2 Å². The van der Waals surface area contributed by atoms with Crippen molar-refractivity contribution in [2.45, 2.75) is 71.6 Å². The summed E-state index contributed by atoms with van der Waals surface area (Å²) in [6.07, 6.45) is 13.0. The lowest BCUT2D eigenvalue weighted by Crippen LogP contribution is -2.20. The van der Waals surface area contributed by atoms with Gasteiger partial charge in [0.15, 0.2) is 6.73 Å². The molecule has 202 valence electrons. The second kappa shape index (κ2) is 11.8. The van der Waals surface area contributed by atoms with E-state index in [2.05, 4.69) is 45.9 Å². The zero-order valence-electron chi connectivity index (χ0n) is 23.0. The van der Waals surface area contributed by atoms with Crippen LogP contribution in [0.1, 0.15) is 69.5 Å². The van der Waals surface area contributed by atoms with Crippen LogP contribution in [0.15, 0.2) is 55.2 Å². The maximum absolute atomic E-state index is 12.9. The molecule has 0 aliphatic heterocycles. The van der Waals surface area contributed by atoms with Crippen molar-refractivity contribution in [3.63, 3.8) is 0 Å². The van der Waals surface area contributed by atoms with Gasteiger partial charge in [0.25, 0.3) is 0 Å². The maximum atomic E-state index is 12.9. The van der Waals surface area contributed by atoms with Gasteiger partial charge in [-0.25, -0.2) is 16.5 Å². The molecule has 1 aliphatic rings. The first-order valence-corrected chi connectivity index (χ1v) is 13.9. The van der Waals surface area contributed by atoms with E-state index in [0.717, 1.165) is 41.5 Å². The molecule has 0 amide bonds. The van der Waals surface area contributed by atoms with E-state index in [-0.39, 0.29) is 24.7 Å². The highest BCUT2D eigenvalue weighted by Crippen LogP contribution is 2.35. The van der Waals surface area contributed by atoms with Gasteiger partial charge >= 0.3 is 5.97 Å². The molecular formula is C31H36N6O2. The Bertz CT molecular complexity index is 1460. The highest BCUT2D eigenvalue weighted by atomic mass is 16.5. The molecule has 1 aromatic carbocycles. The molecule has 8 nitrogen and oxygen atoms in total. The Labute approximate surface area is 229 Å². The smallest absolute Gasteiger partial charge is 0.314 e. The largest absolute Gasteiger partial charge is 0.443 e. The molecule has 1 fully saturated rings. The predicted octanol–water partition coefficient (Wildman–Crippen LogP) is 6.45. The van der Waals surface area contributed by atoms with E-state index < -0.39 is 0 Å². The normalized spacial score (nSPS) is 15.5. The molecule has 5 rings (SSSR count). The molecule has 8 heteroatoms. The lowest BCUT2D eigenvalue weighted by atomic mass is 9.97. The molecule has 0 saturated heterocycles. The first-order chi connectivity index (χ1) is 18.9. The van der Waals surface area contributed by atoms with Crippen LogP contribution in [0.25, 0.3) is 27.1 Å². The van der Waals surface area contributed by atoms with Crippen LogP contribution in [0.3, 0.4) is 0 Å². The van der Waals surface area contributed by atoms with Gasteiger partial charge in [0.1, 0.15) is 18.0 Å². The van der Waals surface area contributed by atoms with Crippen LogP contribution in [0, 0.1) is 18.4 Å². The molecule has 0 N–H and O–H groups in total. The van der Waals surface area contributed by atoms with Crippen LogP contribution in [-0.4, -0.2) is 36.8 Å². The fraction of sp³-hybridized carbons (Fsp3) is 0.452. The molecular weight excluding hydrogens is 488 g/mol. The van der Waals surface area contributed by atoms with Gasteiger partial charge in [-0.2, -0.15) is 5.10 Å². The molecule has 39 heavy (non-hydrogen) atoms. The van der Waals surface area contributed by atoms with Gasteiger partial charge in [0.05, 0.1) is 17.8 Å². The van der Waals surface area contributed by atoms with E-state index in [1.807, 2.05) is 53.0 Å². The maximum Gasteiger partial charge on any atom is 0.314 e. The standard InChI is InChI=1S/C31H36N6O2/c1-21(2)15-23-9-11-24(12-10-23)22(3)31(38)39-20-36-14-13-27-29(33-19-34-30(27)36)26-16-35-37(18-26)28(17-32-4)25-7-5-6-8-25/h9-14,16,18-19,21-22,25,28H,5-8,15,17,20H2,1-3H3/t22?,28-/m1/s1. The molecule has 3 heterocycles. The Balaban J connectivity index is 1.29. The van der Waals surface area contributed by atoms with Crippen LogP contribution < -0.4 is 0 Å². The summed E-state index contributed by atoms with van der Waals surface area (Å²) in [5.74, 6) is 0.447. The van der Waals surface area contributed by atoms with Gasteiger partial charge < -0.3 is 9.58 Å². The van der Waals surface area contributed by atoms with E-state index in [1.54, 1.807) is 0 Å². The molecule has 2 atom stereocenters. The molecule has 3 aromatic heterocycles. The Morgan fingerprint density at radius 3 is 2.62 bits per heavy atom. The van der Waals surface area contributed by atoms with E-state index in [4.69, 9.17) is 11.3 Å². The van der Waals surface area contributed by atoms with Crippen LogP contribution in [0.5, 0.6) is 0 Å². The van der Waals surface area contributed by atoms with Crippen molar-refractivity contribution in [3.05, 3.63) is 77.8 Å². The van der Waals surface area contributed by atoms with Crippen molar-refractivity contribution in [2.24, 2.45) is 11.8 Å². The minimum atomic E-state index is -0.362. The van der Waals surface area contributed by atoms with Gasteiger partial charge in [-0.1, -0.05) is 51.0 Å². The summed E-state index contributed by atoms with van der Waals surface area (Å²) in [7, 11) is 0. The Morgan fingerprint density at radius 2 is 1.90 bits per heavy atom. The number of hydrogen-bond acceptors (Lipinski definition) is 5. The quantitative estimate of drug-likeness (QED) is 0.176. The number of hydrogen-bond donors (Lipinski definition) is 0. The van der Waals surface area contributed by atoms with Crippen molar-refractivity contribution in [1.29, 1.82) is 0 Å². The average molecular weight is 525 g/mol. The monoisotopic (exact) mass is 524 g/mol. The number of aromatic nitrogens is 5. The van der Waals surface area contributed by atoms with Gasteiger partial charge in [-0.15, -0.1) is 0 Å². The van der Waals surface area contributed by atoms with Crippen molar-refractivity contribution in [1.82, 2.24) is 24.3 Å². The molecule has 1 aliphatic carbocycles. The van der Waals surface area contributed by atoms with Crippen LogP contribution in [0.2, 0.25) is 0 Å². The average Bonchev–Trinajstić information content (AvgIpc) is 3.71. The zero-order chi connectivity index (χ0) is 27.4. The van der Waals surface area contributed by atoms with Crippen LogP contribution >= 0.6 is 0 Å². The third-order valence-electron chi connectivity index (χ3n) is 7.82. The number of rotatable bonds is 10. The van der Waals surface area contributed by atoms with Crippen molar-refractivity contribution in [3.8, 4) is 11.3 Å². The summed E-state index contributed by atoms with van der Waals surface area (Å²) in [4.78, 5) is 25.6. The number of carbonyl (C=O) groups excluding carboxylic acids is 1. The van der Waals surface area contributed by atoms with Crippen LogP contribution in [-0.2, 0) is 22.7 Å². The second-order valence-electron chi connectivity index (χ2n) is 11.1. The molecule has 0 bridgehead atoms. The lowest BCUT2D eigenvalue weighted by Gasteiger charge is -2.18. The number of carbonyl (C=O) groups is 1. The number of esters is 1. The summed E-state index contributed by atoms with van der Waals surface area (Å²) in [6.45, 7) is 14.2. The fourth-order valence-electron chi connectivity index (χ4n) is 5.67. The number of ether oxygens (including phenoxy) is 1.